The Morgan fingerprint density at radius 3 is 1.15 bits per heavy atom. The van der Waals surface area contributed by atoms with Crippen molar-refractivity contribution in [2.75, 3.05) is 19.8 Å². The molecular weight excluding hydrogens is 813 g/mol. The molecule has 5 nitrogen and oxygen atoms in total. The molecule has 0 aliphatic heterocycles. The summed E-state index contributed by atoms with van der Waals surface area (Å²) in [6.07, 6.45) is 73.5. The van der Waals surface area contributed by atoms with Gasteiger partial charge >= 0.3 is 11.9 Å². The summed E-state index contributed by atoms with van der Waals surface area (Å²) in [4.78, 5) is 25.5. The zero-order valence-electron chi connectivity index (χ0n) is 44.0. The van der Waals surface area contributed by atoms with Crippen LogP contribution in [0.15, 0.2) is 72.9 Å². The van der Waals surface area contributed by atoms with Crippen LogP contribution in [0, 0.1) is 0 Å². The minimum atomic E-state index is -0.560. The van der Waals surface area contributed by atoms with Crippen molar-refractivity contribution in [1.82, 2.24) is 0 Å². The second-order valence-electron chi connectivity index (χ2n) is 18.8. The molecule has 0 heterocycles. The summed E-state index contributed by atoms with van der Waals surface area (Å²) < 4.78 is 17.4. The first-order valence-corrected chi connectivity index (χ1v) is 28.5. The van der Waals surface area contributed by atoms with Crippen LogP contribution in [0.5, 0.6) is 0 Å². The summed E-state index contributed by atoms with van der Waals surface area (Å²) in [7, 11) is 0. The molecule has 0 N–H and O–H groups in total. The maximum atomic E-state index is 12.8. The summed E-state index contributed by atoms with van der Waals surface area (Å²) in [5.74, 6) is -0.440. The number of carbonyl (C=O) groups excluding carboxylic acids is 2. The van der Waals surface area contributed by atoms with E-state index >= 15 is 0 Å². The first-order valence-electron chi connectivity index (χ1n) is 28.5. The smallest absolute Gasteiger partial charge is 0.306 e. The lowest BCUT2D eigenvalue weighted by Crippen LogP contribution is -2.30. The zero-order chi connectivity index (χ0) is 47.7. The Hall–Kier alpha value is -2.66. The summed E-state index contributed by atoms with van der Waals surface area (Å²) in [6, 6.07) is 0. The van der Waals surface area contributed by atoms with Crippen LogP contribution in [-0.2, 0) is 23.8 Å². The molecule has 0 bridgehead atoms. The third-order valence-electron chi connectivity index (χ3n) is 12.2. The van der Waals surface area contributed by atoms with Crippen LogP contribution in [0.1, 0.15) is 278 Å². The highest BCUT2D eigenvalue weighted by atomic mass is 16.6. The molecular formula is C61H108O5. The molecule has 0 saturated carbocycles. The van der Waals surface area contributed by atoms with Crippen molar-refractivity contribution in [3.05, 3.63) is 72.9 Å². The van der Waals surface area contributed by atoms with Gasteiger partial charge in [-0.25, -0.2) is 0 Å². The normalized spacial score (nSPS) is 12.7. The first-order chi connectivity index (χ1) is 32.6. The van der Waals surface area contributed by atoms with E-state index < -0.39 is 6.10 Å². The number of allylic oxidation sites excluding steroid dienone is 12. The predicted octanol–water partition coefficient (Wildman–Crippen LogP) is 19.5. The molecule has 1 unspecified atom stereocenters. The maximum absolute atomic E-state index is 12.8. The third kappa shape index (κ3) is 54.0. The van der Waals surface area contributed by atoms with Crippen LogP contribution >= 0.6 is 0 Å². The van der Waals surface area contributed by atoms with Crippen molar-refractivity contribution < 1.29 is 23.8 Å². The number of esters is 2. The fourth-order valence-electron chi connectivity index (χ4n) is 8.00. The van der Waals surface area contributed by atoms with Crippen LogP contribution in [0.25, 0.3) is 0 Å². The maximum Gasteiger partial charge on any atom is 0.306 e. The standard InChI is InChI=1S/C61H108O5/c1-4-7-10-13-16-19-22-25-28-30-31-32-34-36-39-42-45-48-51-54-60(62)65-58-59(57-64-56-53-50-47-44-41-38-35-29-26-23-20-17-14-11-8-5-2)66-61(63)55-52-49-46-43-40-37-33-27-24-21-18-15-12-9-6-3/h9,12,16,18-19,21,25,27-28,33,40,43,59H,4-8,10-11,13-15,17,20,22-24,26,29-32,34-39,41-42,44-58H2,1-3H3/b12-9-,19-16-,21-18-,28-25-,33-27-,43-40-. The van der Waals surface area contributed by atoms with Crippen molar-refractivity contribution in [1.29, 1.82) is 0 Å². The number of hydrogen-bond acceptors (Lipinski definition) is 5. The van der Waals surface area contributed by atoms with Crippen molar-refractivity contribution in [3.63, 3.8) is 0 Å². The Labute approximate surface area is 410 Å². The van der Waals surface area contributed by atoms with E-state index in [2.05, 4.69) is 93.7 Å². The van der Waals surface area contributed by atoms with Crippen molar-refractivity contribution >= 4 is 11.9 Å². The highest BCUT2D eigenvalue weighted by Crippen LogP contribution is 2.15. The Bertz CT molecular complexity index is 1180. The lowest BCUT2D eigenvalue weighted by molar-refractivity contribution is -0.163. The number of unbranched alkanes of at least 4 members (excludes halogenated alkanes) is 29. The minimum absolute atomic E-state index is 0.0669. The average Bonchev–Trinajstić information content (AvgIpc) is 3.32. The number of carbonyl (C=O) groups is 2. The predicted molar refractivity (Wildman–Crippen MR) is 288 cm³/mol. The lowest BCUT2D eigenvalue weighted by atomic mass is 10.0. The fourth-order valence-corrected chi connectivity index (χ4v) is 8.00. The van der Waals surface area contributed by atoms with Crippen LogP contribution < -0.4 is 0 Å². The van der Waals surface area contributed by atoms with Gasteiger partial charge in [0.15, 0.2) is 6.10 Å². The molecule has 0 saturated heterocycles. The molecule has 1 atom stereocenters. The van der Waals surface area contributed by atoms with Gasteiger partial charge in [0, 0.05) is 19.4 Å². The van der Waals surface area contributed by atoms with E-state index in [9.17, 15) is 9.59 Å². The van der Waals surface area contributed by atoms with Gasteiger partial charge < -0.3 is 14.2 Å². The first kappa shape index (κ1) is 63.3. The van der Waals surface area contributed by atoms with E-state index in [-0.39, 0.29) is 25.2 Å². The summed E-state index contributed by atoms with van der Waals surface area (Å²) in [5.41, 5.74) is 0. The minimum Gasteiger partial charge on any atom is -0.462 e. The molecule has 0 aliphatic rings. The Morgan fingerprint density at radius 2 is 0.682 bits per heavy atom. The van der Waals surface area contributed by atoms with Gasteiger partial charge in [-0.15, -0.1) is 0 Å². The van der Waals surface area contributed by atoms with E-state index in [1.54, 1.807) is 0 Å². The SMILES string of the molecule is CC/C=C\C/C=C\C/C=C\C/C=C\CCCCC(=O)OC(COCCCCCCCCCCCCCCCCCC)COC(=O)CCCCCCCCCCC/C=C\C/C=C\CCCCC. The van der Waals surface area contributed by atoms with Gasteiger partial charge in [-0.3, -0.25) is 9.59 Å². The third-order valence-corrected chi connectivity index (χ3v) is 12.2. The molecule has 0 aromatic carbocycles. The molecule has 0 aromatic rings. The topological polar surface area (TPSA) is 61.8 Å². The summed E-state index contributed by atoms with van der Waals surface area (Å²) in [6.45, 7) is 7.68. The Balaban J connectivity index is 4.30. The molecule has 66 heavy (non-hydrogen) atoms. The van der Waals surface area contributed by atoms with Gasteiger partial charge in [-0.2, -0.15) is 0 Å². The molecule has 0 fully saturated rings. The molecule has 0 aliphatic carbocycles. The van der Waals surface area contributed by atoms with Crippen LogP contribution in [0.2, 0.25) is 0 Å². The van der Waals surface area contributed by atoms with E-state index in [1.165, 1.54) is 161 Å². The van der Waals surface area contributed by atoms with Crippen molar-refractivity contribution in [2.24, 2.45) is 0 Å². The van der Waals surface area contributed by atoms with Crippen molar-refractivity contribution in [3.8, 4) is 0 Å². The fraction of sp³-hybridized carbons (Fsp3) is 0.770. The van der Waals surface area contributed by atoms with E-state index in [0.717, 1.165) is 83.5 Å². The Morgan fingerprint density at radius 1 is 0.348 bits per heavy atom. The number of ether oxygens (including phenoxy) is 3. The quantitative estimate of drug-likeness (QED) is 0.0346. The van der Waals surface area contributed by atoms with E-state index in [0.29, 0.717) is 19.4 Å². The summed E-state index contributed by atoms with van der Waals surface area (Å²) in [5, 5.41) is 0. The van der Waals surface area contributed by atoms with Gasteiger partial charge in [0.05, 0.1) is 6.61 Å². The molecule has 0 aromatic heterocycles. The second-order valence-corrected chi connectivity index (χ2v) is 18.8. The Kier molecular flexibility index (Phi) is 54.4. The van der Waals surface area contributed by atoms with Gasteiger partial charge in [-0.05, 0) is 89.9 Å². The van der Waals surface area contributed by atoms with Gasteiger partial charge in [0.1, 0.15) is 6.61 Å². The number of rotatable bonds is 52. The van der Waals surface area contributed by atoms with Crippen LogP contribution in [-0.4, -0.2) is 37.9 Å². The molecule has 0 rings (SSSR count). The van der Waals surface area contributed by atoms with E-state index in [4.69, 9.17) is 14.2 Å². The molecule has 0 amide bonds. The van der Waals surface area contributed by atoms with Gasteiger partial charge in [0.25, 0.3) is 0 Å². The molecule has 0 spiro atoms. The zero-order valence-corrected chi connectivity index (χ0v) is 44.0. The second kappa shape index (κ2) is 56.7. The van der Waals surface area contributed by atoms with Gasteiger partial charge in [0.2, 0.25) is 0 Å². The van der Waals surface area contributed by atoms with E-state index in [1.807, 2.05) is 0 Å². The highest BCUT2D eigenvalue weighted by Gasteiger charge is 2.17. The number of hydrogen-bond donors (Lipinski definition) is 0. The summed E-state index contributed by atoms with van der Waals surface area (Å²) >= 11 is 0. The van der Waals surface area contributed by atoms with Gasteiger partial charge in [-0.1, -0.05) is 248 Å². The molecule has 5 heteroatoms. The lowest BCUT2D eigenvalue weighted by Gasteiger charge is -2.18. The molecule has 382 valence electrons. The largest absolute Gasteiger partial charge is 0.462 e. The highest BCUT2D eigenvalue weighted by molar-refractivity contribution is 5.70. The van der Waals surface area contributed by atoms with Crippen molar-refractivity contribution in [2.45, 2.75) is 284 Å². The monoisotopic (exact) mass is 921 g/mol. The van der Waals surface area contributed by atoms with Crippen LogP contribution in [0.3, 0.4) is 0 Å². The van der Waals surface area contributed by atoms with Crippen LogP contribution in [0.4, 0.5) is 0 Å². The average molecular weight is 922 g/mol. The molecule has 0 radical (unpaired) electrons.